The van der Waals surface area contributed by atoms with E-state index in [2.05, 4.69) is 36.7 Å². The van der Waals surface area contributed by atoms with Crippen LogP contribution in [0.4, 0.5) is 0 Å². The number of ether oxygens (including phenoxy) is 4. The van der Waals surface area contributed by atoms with Gasteiger partial charge in [0.15, 0.2) is 0 Å². The zero-order valence-corrected chi connectivity index (χ0v) is 13.0. The Labute approximate surface area is 117 Å². The molecule has 2 heterocycles. The van der Waals surface area contributed by atoms with Gasteiger partial charge in [-0.25, -0.2) is 0 Å². The molecule has 2 fully saturated rings. The van der Waals surface area contributed by atoms with Gasteiger partial charge in [0.1, 0.15) is 16.7 Å². The third-order valence-electron chi connectivity index (χ3n) is 2.75. The lowest BCUT2D eigenvalue weighted by molar-refractivity contribution is -0.0589. The van der Waals surface area contributed by atoms with Crippen LogP contribution in [-0.4, -0.2) is 49.8 Å². The summed E-state index contributed by atoms with van der Waals surface area (Å²) in [5.74, 6) is 0. The van der Waals surface area contributed by atoms with Crippen molar-refractivity contribution in [1.82, 2.24) is 0 Å². The second-order valence-corrected chi connectivity index (χ2v) is 7.80. The molecule has 5 heteroatoms. The Morgan fingerprint density at radius 2 is 1.67 bits per heavy atom. The number of hydrogen-bond donors (Lipinski definition) is 0. The molecule has 2 saturated heterocycles. The molecule has 0 saturated carbocycles. The summed E-state index contributed by atoms with van der Waals surface area (Å²) in [4.78, 5) is 0. The molecule has 0 spiro atoms. The molecule has 106 valence electrons. The standard InChI is InChI=1S/C13H23BrO4/c1-12(2,3)8-13(14,18-7-11-6-17-11)9-15-4-10-5-16-10/h10-11H,4-9H2,1-3H3. The number of hydrogen-bond acceptors (Lipinski definition) is 4. The van der Waals surface area contributed by atoms with Crippen molar-refractivity contribution < 1.29 is 18.9 Å². The molecule has 0 aromatic carbocycles. The van der Waals surface area contributed by atoms with Gasteiger partial charge in [-0.05, 0) is 11.8 Å². The van der Waals surface area contributed by atoms with E-state index in [0.29, 0.717) is 25.9 Å². The fourth-order valence-electron chi connectivity index (χ4n) is 1.85. The van der Waals surface area contributed by atoms with E-state index in [9.17, 15) is 0 Å². The summed E-state index contributed by atoms with van der Waals surface area (Å²) in [6, 6.07) is 0. The van der Waals surface area contributed by atoms with Gasteiger partial charge >= 0.3 is 0 Å². The summed E-state index contributed by atoms with van der Waals surface area (Å²) in [7, 11) is 0. The highest BCUT2D eigenvalue weighted by molar-refractivity contribution is 9.10. The molecule has 0 aliphatic carbocycles. The van der Waals surface area contributed by atoms with E-state index in [1.165, 1.54) is 0 Å². The van der Waals surface area contributed by atoms with E-state index in [1.807, 2.05) is 0 Å². The van der Waals surface area contributed by atoms with Gasteiger partial charge < -0.3 is 18.9 Å². The first-order valence-corrected chi connectivity index (χ1v) is 7.29. The van der Waals surface area contributed by atoms with E-state index < -0.39 is 4.51 Å². The fourth-order valence-corrected chi connectivity index (χ4v) is 2.98. The van der Waals surface area contributed by atoms with Crippen LogP contribution in [0.2, 0.25) is 0 Å². The van der Waals surface area contributed by atoms with E-state index >= 15 is 0 Å². The van der Waals surface area contributed by atoms with Crippen molar-refractivity contribution in [1.29, 1.82) is 0 Å². The summed E-state index contributed by atoms with van der Waals surface area (Å²) >= 11 is 3.70. The van der Waals surface area contributed by atoms with E-state index in [0.717, 1.165) is 19.6 Å². The third kappa shape index (κ3) is 5.97. The predicted molar refractivity (Wildman–Crippen MR) is 72.0 cm³/mol. The van der Waals surface area contributed by atoms with Crippen molar-refractivity contribution in [2.24, 2.45) is 5.41 Å². The largest absolute Gasteiger partial charge is 0.375 e. The quantitative estimate of drug-likeness (QED) is 0.508. The van der Waals surface area contributed by atoms with Gasteiger partial charge in [0.2, 0.25) is 0 Å². The molecular formula is C13H23BrO4. The van der Waals surface area contributed by atoms with Crippen LogP contribution in [0.25, 0.3) is 0 Å². The molecule has 2 rings (SSSR count). The lowest BCUT2D eigenvalue weighted by Crippen LogP contribution is -2.37. The van der Waals surface area contributed by atoms with Gasteiger partial charge in [-0.1, -0.05) is 36.7 Å². The van der Waals surface area contributed by atoms with E-state index in [-0.39, 0.29) is 11.5 Å². The molecule has 0 bridgehead atoms. The Kier molecular flexibility index (Phi) is 4.70. The van der Waals surface area contributed by atoms with E-state index in [4.69, 9.17) is 18.9 Å². The third-order valence-corrected chi connectivity index (χ3v) is 3.49. The lowest BCUT2D eigenvalue weighted by atomic mass is 9.89. The molecule has 0 aromatic heterocycles. The number of alkyl halides is 1. The van der Waals surface area contributed by atoms with Crippen LogP contribution >= 0.6 is 15.9 Å². The Bertz CT molecular complexity index is 271. The minimum absolute atomic E-state index is 0.174. The van der Waals surface area contributed by atoms with Gasteiger partial charge in [-0.2, -0.15) is 0 Å². The molecule has 3 atom stereocenters. The van der Waals surface area contributed by atoms with Crippen LogP contribution in [0.5, 0.6) is 0 Å². The summed E-state index contributed by atoms with van der Waals surface area (Å²) in [5, 5.41) is 0. The van der Waals surface area contributed by atoms with Crippen LogP contribution in [0.15, 0.2) is 0 Å². The average molecular weight is 323 g/mol. The van der Waals surface area contributed by atoms with Crippen LogP contribution in [0.1, 0.15) is 27.2 Å². The van der Waals surface area contributed by atoms with Crippen molar-refractivity contribution in [2.75, 3.05) is 33.0 Å². The first-order valence-electron chi connectivity index (χ1n) is 6.50. The number of rotatable bonds is 8. The monoisotopic (exact) mass is 322 g/mol. The van der Waals surface area contributed by atoms with Crippen LogP contribution < -0.4 is 0 Å². The smallest absolute Gasteiger partial charge is 0.146 e. The van der Waals surface area contributed by atoms with Crippen molar-refractivity contribution in [3.63, 3.8) is 0 Å². The highest BCUT2D eigenvalue weighted by Crippen LogP contribution is 2.36. The normalized spacial score (nSPS) is 30.0. The topological polar surface area (TPSA) is 43.5 Å². The van der Waals surface area contributed by atoms with Gasteiger partial charge in [0.25, 0.3) is 0 Å². The number of halogens is 1. The Morgan fingerprint density at radius 3 is 2.17 bits per heavy atom. The maximum Gasteiger partial charge on any atom is 0.146 e. The molecule has 0 N–H and O–H groups in total. The molecule has 3 unspecified atom stereocenters. The first kappa shape index (κ1) is 14.7. The van der Waals surface area contributed by atoms with Crippen molar-refractivity contribution in [3.05, 3.63) is 0 Å². The second-order valence-electron chi connectivity index (χ2n) is 6.36. The second kappa shape index (κ2) is 5.75. The van der Waals surface area contributed by atoms with Crippen LogP contribution in [0.3, 0.4) is 0 Å². The molecule has 0 amide bonds. The summed E-state index contributed by atoms with van der Waals surface area (Å²) in [5.41, 5.74) is 0.174. The highest BCUT2D eigenvalue weighted by atomic mass is 79.9. The predicted octanol–water partition coefficient (Wildman–Crippen LogP) is 2.34. The van der Waals surface area contributed by atoms with Gasteiger partial charge in [0.05, 0.1) is 33.0 Å². The molecule has 18 heavy (non-hydrogen) atoms. The summed E-state index contributed by atoms with van der Waals surface area (Å²) in [6.07, 6.45) is 1.45. The SMILES string of the molecule is CC(C)(C)CC(Br)(COCC1CO1)OCC1CO1. The molecule has 0 radical (unpaired) electrons. The first-order chi connectivity index (χ1) is 8.36. The minimum atomic E-state index is -0.425. The van der Waals surface area contributed by atoms with Crippen molar-refractivity contribution in [2.45, 2.75) is 43.9 Å². The average Bonchev–Trinajstić information content (AvgIpc) is 3.08. The van der Waals surface area contributed by atoms with Crippen LogP contribution in [0, 0.1) is 5.41 Å². The van der Waals surface area contributed by atoms with Crippen molar-refractivity contribution >= 4 is 15.9 Å². The van der Waals surface area contributed by atoms with Gasteiger partial charge in [-0.3, -0.25) is 0 Å². The maximum absolute atomic E-state index is 5.96. The summed E-state index contributed by atoms with van der Waals surface area (Å²) in [6.45, 7) is 10.1. The highest BCUT2D eigenvalue weighted by Gasteiger charge is 2.36. The molecule has 0 aromatic rings. The number of epoxide rings is 2. The van der Waals surface area contributed by atoms with Crippen molar-refractivity contribution in [3.8, 4) is 0 Å². The summed E-state index contributed by atoms with van der Waals surface area (Å²) < 4.78 is 21.5. The molecule has 4 nitrogen and oxygen atoms in total. The lowest BCUT2D eigenvalue weighted by Gasteiger charge is -2.33. The Morgan fingerprint density at radius 1 is 1.11 bits per heavy atom. The zero-order valence-electron chi connectivity index (χ0n) is 11.4. The van der Waals surface area contributed by atoms with Gasteiger partial charge in [-0.15, -0.1) is 0 Å². The molecule has 2 aliphatic heterocycles. The minimum Gasteiger partial charge on any atom is -0.375 e. The Balaban J connectivity index is 1.77. The zero-order chi connectivity index (χ0) is 13.2. The molecular weight excluding hydrogens is 300 g/mol. The van der Waals surface area contributed by atoms with Gasteiger partial charge in [0, 0.05) is 0 Å². The van der Waals surface area contributed by atoms with E-state index in [1.54, 1.807) is 0 Å². The van der Waals surface area contributed by atoms with Crippen LogP contribution in [-0.2, 0) is 18.9 Å². The molecule has 2 aliphatic rings. The fraction of sp³-hybridized carbons (Fsp3) is 1.00. The maximum atomic E-state index is 5.96. The Hall–Kier alpha value is 0.320.